The van der Waals surface area contributed by atoms with E-state index in [4.69, 9.17) is 4.98 Å². The number of carbonyl (C=O) groups excluding carboxylic acids is 4. The van der Waals surface area contributed by atoms with Gasteiger partial charge in [-0.3, -0.25) is 29.4 Å². The molecular weight excluding hydrogens is 453 g/mol. The number of aromatic nitrogens is 1. The molecule has 2 fully saturated rings. The highest BCUT2D eigenvalue weighted by Crippen LogP contribution is 2.35. The van der Waals surface area contributed by atoms with Gasteiger partial charge in [-0.05, 0) is 43.5 Å². The third kappa shape index (κ3) is 4.02. The summed E-state index contributed by atoms with van der Waals surface area (Å²) in [4.78, 5) is 59.1. The van der Waals surface area contributed by atoms with Gasteiger partial charge >= 0.3 is 0 Å². The van der Waals surface area contributed by atoms with E-state index in [1.165, 1.54) is 6.07 Å². The summed E-state index contributed by atoms with van der Waals surface area (Å²) >= 11 is 0. The van der Waals surface area contributed by atoms with Gasteiger partial charge in [0.05, 0.1) is 16.8 Å². The summed E-state index contributed by atoms with van der Waals surface area (Å²) in [5.41, 5.74) is 1.30. The zero-order valence-electron chi connectivity index (χ0n) is 19.6. The van der Waals surface area contributed by atoms with Crippen LogP contribution in [0.5, 0.6) is 0 Å². The smallest absolute Gasteiger partial charge is 0.262 e. The number of halogens is 1. The van der Waals surface area contributed by atoms with Crippen LogP contribution < -0.4 is 15.1 Å². The van der Waals surface area contributed by atoms with E-state index in [0.717, 1.165) is 35.3 Å². The van der Waals surface area contributed by atoms with Crippen LogP contribution in [0.25, 0.3) is 0 Å². The van der Waals surface area contributed by atoms with E-state index in [0.29, 0.717) is 13.1 Å². The molecule has 0 saturated carbocycles. The van der Waals surface area contributed by atoms with E-state index in [-0.39, 0.29) is 35.6 Å². The van der Waals surface area contributed by atoms with E-state index in [1.807, 2.05) is 42.1 Å². The van der Waals surface area contributed by atoms with Gasteiger partial charge in [-0.25, -0.2) is 9.37 Å². The van der Waals surface area contributed by atoms with Crippen molar-refractivity contribution in [3.05, 3.63) is 53.0 Å². The number of imide groups is 2. The predicted molar refractivity (Wildman–Crippen MR) is 126 cm³/mol. The van der Waals surface area contributed by atoms with Gasteiger partial charge in [0.25, 0.3) is 11.8 Å². The molecule has 35 heavy (non-hydrogen) atoms. The molecule has 1 N–H and O–H groups in total. The Balaban J connectivity index is 1.34. The summed E-state index contributed by atoms with van der Waals surface area (Å²) in [7, 11) is 3.89. The van der Waals surface area contributed by atoms with Crippen LogP contribution in [0.1, 0.15) is 58.0 Å². The number of amides is 4. The lowest BCUT2D eigenvalue weighted by molar-refractivity contribution is -0.136. The molecule has 2 aromatic rings. The largest absolute Gasteiger partial charge is 0.369 e. The van der Waals surface area contributed by atoms with Crippen molar-refractivity contribution in [2.24, 2.45) is 0 Å². The first kappa shape index (κ1) is 22.9. The average Bonchev–Trinajstić information content (AvgIpc) is 3.08. The number of anilines is 2. The Bertz CT molecular complexity index is 1240. The SMILES string of the molecule is CN(C)c1cccc(C2CCN(c3cc4c(cc3F)C(=O)N(C3CCC(=O)NC3=O)C4=O)CC2)n1. The third-order valence-electron chi connectivity index (χ3n) is 6.98. The minimum absolute atomic E-state index is 0.0324. The van der Waals surface area contributed by atoms with E-state index in [1.54, 1.807) is 0 Å². The summed E-state index contributed by atoms with van der Waals surface area (Å²) in [6.07, 6.45) is 1.64. The minimum Gasteiger partial charge on any atom is -0.369 e. The van der Waals surface area contributed by atoms with Crippen molar-refractivity contribution in [2.45, 2.75) is 37.6 Å². The Morgan fingerprint density at radius 2 is 1.69 bits per heavy atom. The topological polar surface area (TPSA) is 103 Å². The van der Waals surface area contributed by atoms with Crippen LogP contribution in [-0.4, -0.2) is 66.7 Å². The van der Waals surface area contributed by atoms with Crippen LogP contribution in [0.2, 0.25) is 0 Å². The number of nitrogens with zero attached hydrogens (tertiary/aromatic N) is 4. The van der Waals surface area contributed by atoms with E-state index in [9.17, 15) is 19.2 Å². The molecule has 5 rings (SSSR count). The molecule has 3 aliphatic heterocycles. The zero-order chi connectivity index (χ0) is 24.9. The van der Waals surface area contributed by atoms with Gasteiger partial charge in [0, 0.05) is 45.2 Å². The fourth-order valence-electron chi connectivity index (χ4n) is 5.05. The molecule has 1 aromatic heterocycles. The molecule has 0 spiro atoms. The fourth-order valence-corrected chi connectivity index (χ4v) is 5.05. The van der Waals surface area contributed by atoms with Gasteiger partial charge < -0.3 is 9.80 Å². The molecule has 9 nitrogen and oxygen atoms in total. The second kappa shape index (κ2) is 8.75. The molecule has 10 heteroatoms. The summed E-state index contributed by atoms with van der Waals surface area (Å²) in [6.45, 7) is 1.15. The number of carbonyl (C=O) groups is 4. The standard InChI is InChI=1S/C25H26FN5O4/c1-29(2)21-5-3-4-18(27-21)14-8-10-30(11-9-14)20-13-16-15(12-17(20)26)24(34)31(25(16)35)19-6-7-22(32)28-23(19)33/h3-5,12-14,19H,6-11H2,1-2H3,(H,28,32,33). The summed E-state index contributed by atoms with van der Waals surface area (Å²) in [6, 6.07) is 7.38. The first-order valence-corrected chi connectivity index (χ1v) is 11.7. The first-order chi connectivity index (χ1) is 16.7. The van der Waals surface area contributed by atoms with Crippen LogP contribution in [0.3, 0.4) is 0 Å². The second-order valence-electron chi connectivity index (χ2n) is 9.37. The van der Waals surface area contributed by atoms with Crippen molar-refractivity contribution in [2.75, 3.05) is 37.0 Å². The number of hydrogen-bond acceptors (Lipinski definition) is 7. The lowest BCUT2D eigenvalue weighted by Gasteiger charge is -2.34. The van der Waals surface area contributed by atoms with Crippen molar-refractivity contribution < 1.29 is 23.6 Å². The Morgan fingerprint density at radius 3 is 2.34 bits per heavy atom. The fraction of sp³-hybridized carbons (Fsp3) is 0.400. The van der Waals surface area contributed by atoms with Gasteiger partial charge in [0.15, 0.2) is 0 Å². The van der Waals surface area contributed by atoms with Crippen LogP contribution in [0.4, 0.5) is 15.9 Å². The molecular formula is C25H26FN5O4. The quantitative estimate of drug-likeness (QED) is 0.670. The first-order valence-electron chi connectivity index (χ1n) is 11.7. The maximum absolute atomic E-state index is 15.1. The molecule has 1 aromatic carbocycles. The molecule has 4 amide bonds. The van der Waals surface area contributed by atoms with Crippen molar-refractivity contribution in [1.29, 1.82) is 0 Å². The molecule has 2 saturated heterocycles. The molecule has 0 radical (unpaired) electrons. The minimum atomic E-state index is -1.08. The monoisotopic (exact) mass is 479 g/mol. The number of fused-ring (bicyclic) bond motifs is 1. The van der Waals surface area contributed by atoms with Crippen LogP contribution in [0.15, 0.2) is 30.3 Å². The molecule has 3 aliphatic rings. The second-order valence-corrected chi connectivity index (χ2v) is 9.37. The van der Waals surface area contributed by atoms with Crippen LogP contribution in [-0.2, 0) is 9.59 Å². The molecule has 1 unspecified atom stereocenters. The number of pyridine rings is 1. The number of nitrogens with one attached hydrogen (secondary N) is 1. The molecule has 0 bridgehead atoms. The highest BCUT2D eigenvalue weighted by Gasteiger charge is 2.45. The Kier molecular flexibility index (Phi) is 5.74. The number of hydrogen-bond donors (Lipinski definition) is 1. The van der Waals surface area contributed by atoms with Crippen molar-refractivity contribution in [3.8, 4) is 0 Å². The van der Waals surface area contributed by atoms with Crippen LogP contribution >= 0.6 is 0 Å². The molecule has 182 valence electrons. The maximum Gasteiger partial charge on any atom is 0.262 e. The van der Waals surface area contributed by atoms with E-state index in [2.05, 4.69) is 5.32 Å². The van der Waals surface area contributed by atoms with Crippen molar-refractivity contribution >= 4 is 35.1 Å². The normalized spacial score (nSPS) is 20.8. The summed E-state index contributed by atoms with van der Waals surface area (Å²) in [5, 5.41) is 2.16. The van der Waals surface area contributed by atoms with Crippen LogP contribution in [0, 0.1) is 5.82 Å². The maximum atomic E-state index is 15.1. The van der Waals surface area contributed by atoms with E-state index < -0.39 is 35.5 Å². The number of rotatable bonds is 4. The number of piperidine rings is 2. The average molecular weight is 480 g/mol. The van der Waals surface area contributed by atoms with Gasteiger partial charge in [-0.15, -0.1) is 0 Å². The molecule has 4 heterocycles. The lowest BCUT2D eigenvalue weighted by Crippen LogP contribution is -2.54. The Morgan fingerprint density at radius 1 is 1.00 bits per heavy atom. The highest BCUT2D eigenvalue weighted by molar-refractivity contribution is 6.23. The Labute approximate surface area is 201 Å². The Hall–Kier alpha value is -3.82. The summed E-state index contributed by atoms with van der Waals surface area (Å²) in [5.74, 6) is -1.93. The van der Waals surface area contributed by atoms with Gasteiger partial charge in [-0.2, -0.15) is 0 Å². The highest BCUT2D eigenvalue weighted by atomic mass is 19.1. The predicted octanol–water partition coefficient (Wildman–Crippen LogP) is 2.07. The third-order valence-corrected chi connectivity index (χ3v) is 6.98. The number of benzene rings is 1. The van der Waals surface area contributed by atoms with Crippen molar-refractivity contribution in [1.82, 2.24) is 15.2 Å². The van der Waals surface area contributed by atoms with Gasteiger partial charge in [-0.1, -0.05) is 6.07 Å². The molecule has 0 aliphatic carbocycles. The zero-order valence-corrected chi connectivity index (χ0v) is 19.6. The van der Waals surface area contributed by atoms with E-state index >= 15 is 4.39 Å². The van der Waals surface area contributed by atoms with Gasteiger partial charge in [0.2, 0.25) is 11.8 Å². The van der Waals surface area contributed by atoms with Crippen molar-refractivity contribution in [3.63, 3.8) is 0 Å². The lowest BCUT2D eigenvalue weighted by atomic mass is 9.92. The van der Waals surface area contributed by atoms with Gasteiger partial charge in [0.1, 0.15) is 17.7 Å². The summed E-state index contributed by atoms with van der Waals surface area (Å²) < 4.78 is 15.1. The molecule has 1 atom stereocenters.